The topological polar surface area (TPSA) is 16.1 Å². The van der Waals surface area contributed by atoms with E-state index in [1.165, 1.54) is 29.5 Å². The van der Waals surface area contributed by atoms with Crippen LogP contribution in [0.5, 0.6) is 0 Å². The van der Waals surface area contributed by atoms with Crippen LogP contribution in [0.4, 0.5) is 5.13 Å². The molecule has 0 amide bonds. The van der Waals surface area contributed by atoms with Gasteiger partial charge in [0.2, 0.25) is 0 Å². The van der Waals surface area contributed by atoms with Gasteiger partial charge in [0.05, 0.1) is 0 Å². The zero-order valence-electron chi connectivity index (χ0n) is 7.58. The molecule has 1 aliphatic heterocycles. The van der Waals surface area contributed by atoms with E-state index in [1.54, 1.807) is 11.3 Å². The lowest BCUT2D eigenvalue weighted by Crippen LogP contribution is -2.18. The van der Waals surface area contributed by atoms with Gasteiger partial charge in [-0.3, -0.25) is 0 Å². The molecule has 1 unspecified atom stereocenters. The molecule has 2 nitrogen and oxygen atoms in total. The molecule has 1 aromatic heterocycles. The Morgan fingerprint density at radius 2 is 2.50 bits per heavy atom. The normalized spacial score (nSPS) is 23.5. The van der Waals surface area contributed by atoms with Gasteiger partial charge >= 0.3 is 0 Å². The molecule has 0 radical (unpaired) electrons. The van der Waals surface area contributed by atoms with Crippen LogP contribution in [0.2, 0.25) is 0 Å². The molecule has 1 aromatic rings. The second-order valence-electron chi connectivity index (χ2n) is 3.59. The number of anilines is 1. The Morgan fingerprint density at radius 1 is 1.67 bits per heavy atom. The van der Waals surface area contributed by atoms with E-state index in [4.69, 9.17) is 0 Å². The fraction of sp³-hybridized carbons (Fsp3) is 0.667. The highest BCUT2D eigenvalue weighted by Crippen LogP contribution is 2.27. The maximum absolute atomic E-state index is 4.38. The van der Waals surface area contributed by atoms with Gasteiger partial charge in [-0.25, -0.2) is 4.98 Å². The largest absolute Gasteiger partial charge is 0.348 e. The maximum atomic E-state index is 4.38. The molecule has 2 rings (SSSR count). The first-order chi connectivity index (χ1) is 5.75. The van der Waals surface area contributed by atoms with Crippen molar-refractivity contribution >= 4 is 16.5 Å². The smallest absolute Gasteiger partial charge is 0.185 e. The van der Waals surface area contributed by atoms with Gasteiger partial charge in [0.15, 0.2) is 5.13 Å². The van der Waals surface area contributed by atoms with E-state index in [1.807, 2.05) is 6.20 Å². The van der Waals surface area contributed by atoms with Crippen molar-refractivity contribution in [2.24, 2.45) is 5.92 Å². The highest BCUT2D eigenvalue weighted by Gasteiger charge is 2.20. The molecule has 2 heterocycles. The van der Waals surface area contributed by atoms with Crippen LogP contribution in [-0.2, 0) is 0 Å². The van der Waals surface area contributed by atoms with Crippen LogP contribution in [-0.4, -0.2) is 18.1 Å². The third-order valence-electron chi connectivity index (χ3n) is 2.30. The molecule has 3 heteroatoms. The van der Waals surface area contributed by atoms with Crippen molar-refractivity contribution in [3.8, 4) is 0 Å². The van der Waals surface area contributed by atoms with Gasteiger partial charge in [0, 0.05) is 24.2 Å². The first-order valence-corrected chi connectivity index (χ1v) is 5.25. The predicted molar refractivity (Wildman–Crippen MR) is 52.8 cm³/mol. The Hall–Kier alpha value is -0.570. The maximum Gasteiger partial charge on any atom is 0.185 e. The summed E-state index contributed by atoms with van der Waals surface area (Å²) in [5, 5.41) is 1.21. The van der Waals surface area contributed by atoms with Gasteiger partial charge in [-0.1, -0.05) is 6.92 Å². The van der Waals surface area contributed by atoms with Crippen molar-refractivity contribution in [1.29, 1.82) is 0 Å². The van der Waals surface area contributed by atoms with Crippen molar-refractivity contribution in [3.63, 3.8) is 0 Å². The lowest BCUT2D eigenvalue weighted by Gasteiger charge is -2.12. The van der Waals surface area contributed by atoms with Crippen LogP contribution in [0.3, 0.4) is 0 Å². The van der Waals surface area contributed by atoms with Crippen molar-refractivity contribution in [1.82, 2.24) is 4.98 Å². The van der Waals surface area contributed by atoms with Crippen LogP contribution >= 0.6 is 11.3 Å². The quantitative estimate of drug-likeness (QED) is 0.662. The Kier molecular flexibility index (Phi) is 2.05. The number of aryl methyl sites for hydroxylation is 1. The van der Waals surface area contributed by atoms with Gasteiger partial charge in [0.1, 0.15) is 0 Å². The Morgan fingerprint density at radius 3 is 3.00 bits per heavy atom. The second-order valence-corrected chi connectivity index (χ2v) is 4.81. The summed E-state index contributed by atoms with van der Waals surface area (Å²) in [4.78, 5) is 8.08. The standard InChI is InChI=1S/C9H14N2S/c1-7-3-4-11(6-7)9-10-5-8(2)12-9/h5,7H,3-4,6H2,1-2H3. The average molecular weight is 182 g/mol. The summed E-state index contributed by atoms with van der Waals surface area (Å²) >= 11 is 1.80. The highest BCUT2D eigenvalue weighted by atomic mass is 32.1. The molecule has 0 aliphatic carbocycles. The molecule has 0 bridgehead atoms. The molecule has 1 fully saturated rings. The lowest BCUT2D eigenvalue weighted by atomic mass is 10.2. The van der Waals surface area contributed by atoms with Gasteiger partial charge < -0.3 is 4.90 Å². The molecular weight excluding hydrogens is 168 g/mol. The minimum atomic E-state index is 0.842. The van der Waals surface area contributed by atoms with Gasteiger partial charge in [-0.15, -0.1) is 11.3 Å². The van der Waals surface area contributed by atoms with Crippen LogP contribution in [0.15, 0.2) is 6.20 Å². The van der Waals surface area contributed by atoms with E-state index in [0.717, 1.165) is 5.92 Å². The van der Waals surface area contributed by atoms with E-state index < -0.39 is 0 Å². The molecule has 0 aromatic carbocycles. The van der Waals surface area contributed by atoms with E-state index in [2.05, 4.69) is 23.7 Å². The Balaban J connectivity index is 2.11. The third kappa shape index (κ3) is 1.46. The number of hydrogen-bond acceptors (Lipinski definition) is 3. The first kappa shape index (κ1) is 8.05. The summed E-state index contributed by atoms with van der Waals surface area (Å²) in [6.07, 6.45) is 3.28. The Bertz CT molecular complexity index is 269. The highest BCUT2D eigenvalue weighted by molar-refractivity contribution is 7.15. The molecule has 0 N–H and O–H groups in total. The summed E-state index contributed by atoms with van der Waals surface area (Å²) in [7, 11) is 0. The predicted octanol–water partition coefficient (Wildman–Crippen LogP) is 2.30. The van der Waals surface area contributed by atoms with E-state index >= 15 is 0 Å². The molecule has 0 saturated carbocycles. The second kappa shape index (κ2) is 3.05. The third-order valence-corrected chi connectivity index (χ3v) is 3.28. The lowest BCUT2D eigenvalue weighted by molar-refractivity contribution is 0.659. The number of nitrogens with zero attached hydrogens (tertiary/aromatic N) is 2. The number of thiazole rings is 1. The van der Waals surface area contributed by atoms with Crippen LogP contribution < -0.4 is 4.90 Å². The van der Waals surface area contributed by atoms with Crippen LogP contribution in [0.1, 0.15) is 18.2 Å². The van der Waals surface area contributed by atoms with Crippen molar-refractivity contribution in [3.05, 3.63) is 11.1 Å². The monoisotopic (exact) mass is 182 g/mol. The number of rotatable bonds is 1. The summed E-state index contributed by atoms with van der Waals surface area (Å²) in [5.41, 5.74) is 0. The van der Waals surface area contributed by atoms with Crippen molar-refractivity contribution in [2.45, 2.75) is 20.3 Å². The van der Waals surface area contributed by atoms with Gasteiger partial charge in [0.25, 0.3) is 0 Å². The van der Waals surface area contributed by atoms with Crippen LogP contribution in [0, 0.1) is 12.8 Å². The van der Waals surface area contributed by atoms with Crippen LogP contribution in [0.25, 0.3) is 0 Å². The summed E-state index contributed by atoms with van der Waals surface area (Å²) in [6.45, 7) is 6.79. The molecule has 1 aliphatic rings. The molecule has 1 atom stereocenters. The summed E-state index contributed by atoms with van der Waals surface area (Å²) in [6, 6.07) is 0. The zero-order chi connectivity index (χ0) is 8.55. The average Bonchev–Trinajstić information content (AvgIpc) is 2.58. The zero-order valence-corrected chi connectivity index (χ0v) is 8.40. The molecule has 66 valence electrons. The fourth-order valence-electron chi connectivity index (χ4n) is 1.60. The number of hydrogen-bond donors (Lipinski definition) is 0. The van der Waals surface area contributed by atoms with E-state index in [-0.39, 0.29) is 0 Å². The SMILES string of the molecule is Cc1cnc(N2CCC(C)C2)s1. The van der Waals surface area contributed by atoms with Gasteiger partial charge in [-0.2, -0.15) is 0 Å². The van der Waals surface area contributed by atoms with Gasteiger partial charge in [-0.05, 0) is 19.3 Å². The van der Waals surface area contributed by atoms with E-state index in [0.29, 0.717) is 0 Å². The molecule has 0 spiro atoms. The first-order valence-electron chi connectivity index (χ1n) is 4.43. The van der Waals surface area contributed by atoms with E-state index in [9.17, 15) is 0 Å². The fourth-order valence-corrected chi connectivity index (χ4v) is 2.39. The van der Waals surface area contributed by atoms with Crippen molar-refractivity contribution in [2.75, 3.05) is 18.0 Å². The summed E-state index contributed by atoms with van der Waals surface area (Å²) < 4.78 is 0. The molecular formula is C9H14N2S. The summed E-state index contributed by atoms with van der Waals surface area (Å²) in [5.74, 6) is 0.842. The molecule has 1 saturated heterocycles. The minimum absolute atomic E-state index is 0.842. The molecule has 12 heavy (non-hydrogen) atoms. The number of aromatic nitrogens is 1. The Labute approximate surface area is 77.2 Å². The van der Waals surface area contributed by atoms with Crippen molar-refractivity contribution < 1.29 is 0 Å². The minimum Gasteiger partial charge on any atom is -0.348 e.